The van der Waals surface area contributed by atoms with Gasteiger partial charge in [0.2, 0.25) is 5.91 Å². The monoisotopic (exact) mass is 372 g/mol. The Kier molecular flexibility index (Phi) is 4.83. The number of hydrogen-bond donors (Lipinski definition) is 0. The molecule has 25 heavy (non-hydrogen) atoms. The van der Waals surface area contributed by atoms with Gasteiger partial charge < -0.3 is 4.74 Å². The minimum absolute atomic E-state index is 0.0914. The number of carbonyl (C=O) groups is 1. The van der Waals surface area contributed by atoms with Gasteiger partial charge in [-0.15, -0.1) is 11.3 Å². The van der Waals surface area contributed by atoms with Crippen molar-refractivity contribution in [2.45, 2.75) is 32.3 Å². The Morgan fingerprint density at radius 1 is 1.40 bits per heavy atom. The molecule has 1 saturated heterocycles. The van der Waals surface area contributed by atoms with Crippen molar-refractivity contribution in [2.75, 3.05) is 18.1 Å². The second kappa shape index (κ2) is 7.23. The van der Waals surface area contributed by atoms with E-state index in [1.165, 1.54) is 5.56 Å². The summed E-state index contributed by atoms with van der Waals surface area (Å²) in [7, 11) is 0. The first kappa shape index (κ1) is 16.7. The highest BCUT2D eigenvalue weighted by atomic mass is 32.1. The van der Waals surface area contributed by atoms with Gasteiger partial charge in [0.1, 0.15) is 0 Å². The molecule has 1 aromatic carbocycles. The van der Waals surface area contributed by atoms with Crippen molar-refractivity contribution in [3.8, 4) is 0 Å². The third-order valence-corrected chi connectivity index (χ3v) is 6.30. The predicted octanol–water partition coefficient (Wildman–Crippen LogP) is 4.42. The maximum Gasteiger partial charge on any atom is 0.234 e. The minimum atomic E-state index is 0.0914. The van der Waals surface area contributed by atoms with Gasteiger partial charge in [0.25, 0.3) is 0 Å². The van der Waals surface area contributed by atoms with Crippen LogP contribution in [0.3, 0.4) is 0 Å². The van der Waals surface area contributed by atoms with Gasteiger partial charge in [-0.3, -0.25) is 9.69 Å². The summed E-state index contributed by atoms with van der Waals surface area (Å²) in [6.07, 6.45) is 2.60. The molecular weight excluding hydrogens is 352 g/mol. The van der Waals surface area contributed by atoms with E-state index < -0.39 is 0 Å². The number of aromatic nitrogens is 1. The quantitative estimate of drug-likeness (QED) is 0.666. The van der Waals surface area contributed by atoms with Gasteiger partial charge >= 0.3 is 0 Å². The fourth-order valence-corrected chi connectivity index (χ4v) is 4.86. The highest BCUT2D eigenvalue weighted by Crippen LogP contribution is 2.31. The number of anilines is 1. The summed E-state index contributed by atoms with van der Waals surface area (Å²) in [6, 6.07) is 10.2. The van der Waals surface area contributed by atoms with Crippen LogP contribution in [0, 0.1) is 6.92 Å². The summed E-state index contributed by atoms with van der Waals surface area (Å²) >= 11 is 3.20. The van der Waals surface area contributed by atoms with Gasteiger partial charge in [0.15, 0.2) is 5.13 Å². The maximum atomic E-state index is 13.0. The number of nitrogens with zero attached hydrogens (tertiary/aromatic N) is 2. The van der Waals surface area contributed by atoms with Crippen molar-refractivity contribution in [1.82, 2.24) is 4.98 Å². The molecule has 1 aliphatic rings. The first-order chi connectivity index (χ1) is 12.2. The third kappa shape index (κ3) is 3.76. The number of fused-ring (bicyclic) bond motifs is 1. The lowest BCUT2D eigenvalue weighted by atomic mass is 10.2. The number of hydrogen-bond acceptors (Lipinski definition) is 5. The molecule has 130 valence electrons. The second-order valence-corrected chi connectivity index (χ2v) is 8.40. The van der Waals surface area contributed by atoms with E-state index in [1.807, 2.05) is 28.5 Å². The number of ether oxygens (including phenoxy) is 1. The van der Waals surface area contributed by atoms with E-state index in [2.05, 4.69) is 19.1 Å². The zero-order valence-corrected chi connectivity index (χ0v) is 15.7. The van der Waals surface area contributed by atoms with Crippen molar-refractivity contribution in [3.63, 3.8) is 0 Å². The van der Waals surface area contributed by atoms with Crippen LogP contribution >= 0.6 is 22.7 Å². The van der Waals surface area contributed by atoms with Crippen molar-refractivity contribution >= 4 is 43.9 Å². The van der Waals surface area contributed by atoms with Crippen molar-refractivity contribution < 1.29 is 9.53 Å². The van der Waals surface area contributed by atoms with Crippen LogP contribution < -0.4 is 4.90 Å². The van der Waals surface area contributed by atoms with Gasteiger partial charge in [-0.1, -0.05) is 23.5 Å². The molecule has 0 bridgehead atoms. The summed E-state index contributed by atoms with van der Waals surface area (Å²) in [4.78, 5) is 20.6. The molecule has 0 radical (unpaired) electrons. The zero-order chi connectivity index (χ0) is 17.2. The number of thiophene rings is 1. The average molecular weight is 373 g/mol. The Labute approximate surface area is 155 Å². The number of carbonyl (C=O) groups excluding carboxylic acids is 1. The van der Waals surface area contributed by atoms with Crippen molar-refractivity contribution in [1.29, 1.82) is 0 Å². The van der Waals surface area contributed by atoms with Gasteiger partial charge in [0, 0.05) is 11.5 Å². The van der Waals surface area contributed by atoms with E-state index in [-0.39, 0.29) is 12.0 Å². The minimum Gasteiger partial charge on any atom is -0.376 e. The van der Waals surface area contributed by atoms with Crippen LogP contribution in [-0.4, -0.2) is 30.1 Å². The number of benzene rings is 1. The van der Waals surface area contributed by atoms with Crippen LogP contribution in [0.25, 0.3) is 10.2 Å². The molecule has 2 aromatic heterocycles. The average Bonchev–Trinajstić information content (AvgIpc) is 3.33. The topological polar surface area (TPSA) is 42.4 Å². The van der Waals surface area contributed by atoms with E-state index in [1.54, 1.807) is 22.7 Å². The molecule has 0 N–H and O–H groups in total. The van der Waals surface area contributed by atoms with E-state index >= 15 is 0 Å². The van der Waals surface area contributed by atoms with Crippen LogP contribution in [0.2, 0.25) is 0 Å². The van der Waals surface area contributed by atoms with E-state index in [0.717, 1.165) is 39.7 Å². The fraction of sp³-hybridized carbons (Fsp3) is 0.368. The second-order valence-electron chi connectivity index (χ2n) is 6.36. The highest BCUT2D eigenvalue weighted by Gasteiger charge is 2.26. The number of amides is 1. The number of thiazole rings is 1. The Balaban J connectivity index is 1.63. The van der Waals surface area contributed by atoms with Crippen LogP contribution in [-0.2, 0) is 16.0 Å². The van der Waals surface area contributed by atoms with Crippen LogP contribution in [0.5, 0.6) is 0 Å². The highest BCUT2D eigenvalue weighted by molar-refractivity contribution is 7.22. The molecule has 1 atom stereocenters. The lowest BCUT2D eigenvalue weighted by molar-refractivity contribution is -0.118. The molecule has 0 saturated carbocycles. The van der Waals surface area contributed by atoms with Crippen molar-refractivity contribution in [2.24, 2.45) is 0 Å². The molecular formula is C19H20N2O2S2. The van der Waals surface area contributed by atoms with Crippen LogP contribution in [0.4, 0.5) is 5.13 Å². The molecule has 4 rings (SSSR count). The normalized spacial score (nSPS) is 17.2. The van der Waals surface area contributed by atoms with Gasteiger partial charge in [-0.05, 0) is 48.9 Å². The first-order valence-corrected chi connectivity index (χ1v) is 10.2. The Morgan fingerprint density at radius 2 is 2.32 bits per heavy atom. The van der Waals surface area contributed by atoms with Gasteiger partial charge in [0.05, 0.1) is 29.3 Å². The maximum absolute atomic E-state index is 13.0. The third-order valence-electron chi connectivity index (χ3n) is 4.38. The summed E-state index contributed by atoms with van der Waals surface area (Å²) in [5.74, 6) is 0.0914. The summed E-state index contributed by atoms with van der Waals surface area (Å²) < 4.78 is 6.89. The SMILES string of the molecule is Cc1ccc2nc(N(CC3CCCO3)C(=O)Cc3cccs3)sc2c1. The predicted molar refractivity (Wildman–Crippen MR) is 104 cm³/mol. The van der Waals surface area contributed by atoms with Gasteiger partial charge in [-0.2, -0.15) is 0 Å². The van der Waals surface area contributed by atoms with E-state index in [0.29, 0.717) is 13.0 Å². The standard InChI is InChI=1S/C19H20N2O2S2/c1-13-6-7-16-17(10-13)25-19(20-16)21(12-14-4-2-8-23-14)18(22)11-15-5-3-9-24-15/h3,5-7,9-10,14H,2,4,8,11-12H2,1H3. The Morgan fingerprint density at radius 3 is 3.08 bits per heavy atom. The summed E-state index contributed by atoms with van der Waals surface area (Å²) in [5, 5.41) is 2.78. The molecule has 4 nitrogen and oxygen atoms in total. The van der Waals surface area contributed by atoms with Gasteiger partial charge in [-0.25, -0.2) is 4.98 Å². The number of rotatable bonds is 5. The lowest BCUT2D eigenvalue weighted by Gasteiger charge is -2.22. The molecule has 0 aliphatic carbocycles. The lowest BCUT2D eigenvalue weighted by Crippen LogP contribution is -2.38. The molecule has 1 amide bonds. The van der Waals surface area contributed by atoms with Crippen LogP contribution in [0.1, 0.15) is 23.3 Å². The zero-order valence-electron chi connectivity index (χ0n) is 14.1. The summed E-state index contributed by atoms with van der Waals surface area (Å²) in [6.45, 7) is 3.45. The first-order valence-electron chi connectivity index (χ1n) is 8.50. The molecule has 1 fully saturated rings. The Bertz CT molecular complexity index is 867. The van der Waals surface area contributed by atoms with E-state index in [9.17, 15) is 4.79 Å². The molecule has 1 unspecified atom stereocenters. The largest absolute Gasteiger partial charge is 0.376 e. The summed E-state index contributed by atoms with van der Waals surface area (Å²) in [5.41, 5.74) is 2.16. The molecule has 3 aromatic rings. The smallest absolute Gasteiger partial charge is 0.234 e. The molecule has 3 heterocycles. The fourth-order valence-electron chi connectivity index (χ4n) is 3.07. The molecule has 0 spiro atoms. The van der Waals surface area contributed by atoms with Crippen molar-refractivity contribution in [3.05, 3.63) is 46.2 Å². The van der Waals surface area contributed by atoms with Crippen LogP contribution in [0.15, 0.2) is 35.7 Å². The Hall–Kier alpha value is -1.76. The number of aryl methyl sites for hydroxylation is 1. The molecule has 6 heteroatoms. The molecule has 1 aliphatic heterocycles. The van der Waals surface area contributed by atoms with E-state index in [4.69, 9.17) is 9.72 Å².